The van der Waals surface area contributed by atoms with Crippen LogP contribution in [0.5, 0.6) is 0 Å². The molecule has 0 atom stereocenters. The van der Waals surface area contributed by atoms with E-state index in [1.165, 1.54) is 0 Å². The summed E-state index contributed by atoms with van der Waals surface area (Å²) in [5.41, 5.74) is 7.97. The van der Waals surface area contributed by atoms with Crippen LogP contribution in [-0.2, 0) is 0 Å². The number of benzene rings is 2. The van der Waals surface area contributed by atoms with Crippen molar-refractivity contribution in [2.45, 2.75) is 27.7 Å². The van der Waals surface area contributed by atoms with Crippen LogP contribution in [0.2, 0.25) is 0 Å². The first-order chi connectivity index (χ1) is 13.5. The lowest BCUT2D eigenvalue weighted by Crippen LogP contribution is -2.17. The number of hydrogen-bond acceptors (Lipinski definition) is 3. The van der Waals surface area contributed by atoms with Gasteiger partial charge in [-0.05, 0) is 50.5 Å². The third-order valence-corrected chi connectivity index (χ3v) is 5.22. The Morgan fingerprint density at radius 2 is 1.71 bits per heavy atom. The number of rotatable bonds is 3. The van der Waals surface area contributed by atoms with E-state index in [9.17, 15) is 4.79 Å². The van der Waals surface area contributed by atoms with E-state index in [1.54, 1.807) is 10.7 Å². The Morgan fingerprint density at radius 3 is 2.46 bits per heavy atom. The molecule has 0 spiro atoms. The van der Waals surface area contributed by atoms with Crippen molar-refractivity contribution in [3.63, 3.8) is 0 Å². The molecule has 2 aromatic heterocycles. The fourth-order valence-corrected chi connectivity index (χ4v) is 3.44. The van der Waals surface area contributed by atoms with Crippen LogP contribution in [0.1, 0.15) is 32.9 Å². The molecule has 5 heteroatoms. The summed E-state index contributed by atoms with van der Waals surface area (Å²) in [5, 5.41) is 7.65. The maximum absolute atomic E-state index is 12.9. The summed E-state index contributed by atoms with van der Waals surface area (Å²) in [6.07, 6.45) is 1.64. The van der Waals surface area contributed by atoms with Crippen molar-refractivity contribution in [2.24, 2.45) is 0 Å². The quantitative estimate of drug-likeness (QED) is 0.559. The molecule has 28 heavy (non-hydrogen) atoms. The first kappa shape index (κ1) is 17.9. The van der Waals surface area contributed by atoms with Gasteiger partial charge in [-0.2, -0.15) is 5.10 Å². The molecule has 4 rings (SSSR count). The summed E-state index contributed by atoms with van der Waals surface area (Å²) in [6.45, 7) is 7.89. The molecule has 4 aromatic rings. The molecule has 1 amide bonds. The molecule has 1 N–H and O–H groups in total. The second kappa shape index (κ2) is 6.93. The SMILES string of the molecule is Cc1cccc(NC(=O)c2cnc3c(-c4ccccc4)c(C)nn3c2C)c1C. The van der Waals surface area contributed by atoms with Gasteiger partial charge in [0.15, 0.2) is 5.65 Å². The fourth-order valence-electron chi connectivity index (χ4n) is 3.44. The third kappa shape index (κ3) is 2.95. The van der Waals surface area contributed by atoms with Crippen LogP contribution in [0.15, 0.2) is 54.7 Å². The van der Waals surface area contributed by atoms with Crippen molar-refractivity contribution >= 4 is 17.2 Å². The number of carbonyl (C=O) groups is 1. The van der Waals surface area contributed by atoms with Gasteiger partial charge in [0.1, 0.15) is 0 Å². The van der Waals surface area contributed by atoms with E-state index in [-0.39, 0.29) is 5.91 Å². The third-order valence-electron chi connectivity index (χ3n) is 5.22. The minimum absolute atomic E-state index is 0.185. The predicted octanol–water partition coefficient (Wildman–Crippen LogP) is 4.88. The standard InChI is InChI=1S/C23H22N4O/c1-14-9-8-12-20(15(14)2)25-23(28)19-13-24-22-21(18-10-6-5-7-11-18)16(3)26-27(22)17(19)4/h5-13H,1-4H3,(H,25,28). The summed E-state index contributed by atoms with van der Waals surface area (Å²) in [6, 6.07) is 15.9. The Bertz CT molecular complexity index is 1190. The van der Waals surface area contributed by atoms with Gasteiger partial charge in [0.25, 0.3) is 5.91 Å². The molecule has 5 nitrogen and oxygen atoms in total. The lowest BCUT2D eigenvalue weighted by atomic mass is 10.1. The molecule has 0 fully saturated rings. The molecular formula is C23H22N4O. The average Bonchev–Trinajstić information content (AvgIpc) is 3.03. The number of anilines is 1. The second-order valence-corrected chi connectivity index (χ2v) is 7.02. The maximum Gasteiger partial charge on any atom is 0.259 e. The van der Waals surface area contributed by atoms with E-state index < -0.39 is 0 Å². The van der Waals surface area contributed by atoms with E-state index in [0.717, 1.165) is 45.0 Å². The maximum atomic E-state index is 12.9. The second-order valence-electron chi connectivity index (χ2n) is 7.02. The van der Waals surface area contributed by atoms with Crippen LogP contribution in [0.3, 0.4) is 0 Å². The first-order valence-electron chi connectivity index (χ1n) is 9.25. The van der Waals surface area contributed by atoms with Crippen LogP contribution in [0, 0.1) is 27.7 Å². The van der Waals surface area contributed by atoms with Crippen molar-refractivity contribution < 1.29 is 4.79 Å². The number of aryl methyl sites for hydroxylation is 3. The van der Waals surface area contributed by atoms with Crippen LogP contribution in [0.4, 0.5) is 5.69 Å². The van der Waals surface area contributed by atoms with E-state index in [4.69, 9.17) is 0 Å². The predicted molar refractivity (Wildman–Crippen MR) is 112 cm³/mol. The number of fused-ring (bicyclic) bond motifs is 1. The van der Waals surface area contributed by atoms with Crippen molar-refractivity contribution in [2.75, 3.05) is 5.32 Å². The highest BCUT2D eigenvalue weighted by atomic mass is 16.1. The molecule has 0 aliphatic carbocycles. The number of carbonyl (C=O) groups excluding carboxylic acids is 1. The van der Waals surface area contributed by atoms with Gasteiger partial charge in [-0.3, -0.25) is 4.79 Å². The van der Waals surface area contributed by atoms with Gasteiger partial charge >= 0.3 is 0 Å². The Hall–Kier alpha value is -3.47. The number of amides is 1. The van der Waals surface area contributed by atoms with Gasteiger partial charge in [-0.1, -0.05) is 42.5 Å². The lowest BCUT2D eigenvalue weighted by Gasteiger charge is -2.12. The minimum atomic E-state index is -0.185. The topological polar surface area (TPSA) is 59.3 Å². The lowest BCUT2D eigenvalue weighted by molar-refractivity contribution is 0.102. The molecule has 0 saturated carbocycles. The monoisotopic (exact) mass is 370 g/mol. The van der Waals surface area contributed by atoms with Gasteiger partial charge in [0.2, 0.25) is 0 Å². The van der Waals surface area contributed by atoms with Gasteiger partial charge in [0.05, 0.1) is 17.0 Å². The molecule has 0 aliphatic heterocycles. The number of nitrogens with zero attached hydrogens (tertiary/aromatic N) is 3. The van der Waals surface area contributed by atoms with Gasteiger partial charge in [-0.25, -0.2) is 9.50 Å². The Morgan fingerprint density at radius 1 is 0.964 bits per heavy atom. The van der Waals surface area contributed by atoms with E-state index in [0.29, 0.717) is 5.56 Å². The number of nitrogens with one attached hydrogen (secondary N) is 1. The van der Waals surface area contributed by atoms with Gasteiger partial charge < -0.3 is 5.32 Å². The molecule has 0 bridgehead atoms. The zero-order valence-corrected chi connectivity index (χ0v) is 16.4. The molecule has 0 radical (unpaired) electrons. The normalized spacial score (nSPS) is 11.0. The van der Waals surface area contributed by atoms with Crippen molar-refractivity contribution in [1.29, 1.82) is 0 Å². The molecule has 2 heterocycles. The summed E-state index contributed by atoms with van der Waals surface area (Å²) in [4.78, 5) is 17.5. The Balaban J connectivity index is 1.76. The van der Waals surface area contributed by atoms with Crippen LogP contribution >= 0.6 is 0 Å². The number of hydrogen-bond donors (Lipinski definition) is 1. The highest BCUT2D eigenvalue weighted by Gasteiger charge is 2.19. The molecular weight excluding hydrogens is 348 g/mol. The van der Waals surface area contributed by atoms with E-state index >= 15 is 0 Å². The van der Waals surface area contributed by atoms with Crippen LogP contribution < -0.4 is 5.32 Å². The summed E-state index contributed by atoms with van der Waals surface area (Å²) < 4.78 is 1.76. The van der Waals surface area contributed by atoms with E-state index in [1.807, 2.05) is 76.2 Å². The zero-order valence-electron chi connectivity index (χ0n) is 16.4. The zero-order chi connectivity index (χ0) is 19.8. The van der Waals surface area contributed by atoms with E-state index in [2.05, 4.69) is 15.4 Å². The highest BCUT2D eigenvalue weighted by Crippen LogP contribution is 2.28. The molecule has 140 valence electrons. The molecule has 0 saturated heterocycles. The summed E-state index contributed by atoms with van der Waals surface area (Å²) in [5.74, 6) is -0.185. The molecule has 0 unspecified atom stereocenters. The minimum Gasteiger partial charge on any atom is -0.322 e. The average molecular weight is 370 g/mol. The largest absolute Gasteiger partial charge is 0.322 e. The fraction of sp³-hybridized carbons (Fsp3) is 0.174. The van der Waals surface area contributed by atoms with Crippen molar-refractivity contribution in [3.8, 4) is 11.1 Å². The van der Waals surface area contributed by atoms with Crippen LogP contribution in [-0.4, -0.2) is 20.5 Å². The van der Waals surface area contributed by atoms with Crippen molar-refractivity contribution in [1.82, 2.24) is 14.6 Å². The number of aromatic nitrogens is 3. The van der Waals surface area contributed by atoms with Crippen LogP contribution in [0.25, 0.3) is 16.8 Å². The van der Waals surface area contributed by atoms with Gasteiger partial charge in [-0.15, -0.1) is 0 Å². The van der Waals surface area contributed by atoms with Gasteiger partial charge in [0, 0.05) is 17.4 Å². The highest BCUT2D eigenvalue weighted by molar-refractivity contribution is 6.05. The summed E-state index contributed by atoms with van der Waals surface area (Å²) in [7, 11) is 0. The molecule has 2 aromatic carbocycles. The Labute approximate surface area is 164 Å². The van der Waals surface area contributed by atoms with Crippen molar-refractivity contribution in [3.05, 3.63) is 82.8 Å². The Kier molecular flexibility index (Phi) is 4.43. The summed E-state index contributed by atoms with van der Waals surface area (Å²) >= 11 is 0. The smallest absolute Gasteiger partial charge is 0.259 e. The first-order valence-corrected chi connectivity index (χ1v) is 9.25. The molecule has 0 aliphatic rings.